The van der Waals surface area contributed by atoms with Crippen molar-refractivity contribution in [1.29, 1.82) is 5.26 Å². The molecular weight excluding hydrogens is 244 g/mol. The number of thiophene rings is 1. The topological polar surface area (TPSA) is 44.7 Å². The number of hydrogen-bond donors (Lipinski definition) is 0. The van der Waals surface area contributed by atoms with E-state index in [9.17, 15) is 4.79 Å². The van der Waals surface area contributed by atoms with Gasteiger partial charge in [-0.25, -0.2) is 4.57 Å². The van der Waals surface area contributed by atoms with Gasteiger partial charge in [-0.1, -0.05) is 6.07 Å². The molecule has 2 rings (SSSR count). The SMILES string of the molecule is C[n+]1ccc(/C=C(\C#N)C(=O)c2cccs2)cc1. The molecule has 0 saturated carbocycles. The zero-order valence-corrected chi connectivity index (χ0v) is 10.6. The van der Waals surface area contributed by atoms with Gasteiger partial charge in [-0.15, -0.1) is 11.3 Å². The van der Waals surface area contributed by atoms with Crippen LogP contribution in [-0.2, 0) is 7.05 Å². The summed E-state index contributed by atoms with van der Waals surface area (Å²) >= 11 is 1.34. The highest BCUT2D eigenvalue weighted by molar-refractivity contribution is 7.12. The Morgan fingerprint density at radius 1 is 1.39 bits per heavy atom. The second-order valence-corrected chi connectivity index (χ2v) is 4.72. The Labute approximate surface area is 109 Å². The summed E-state index contributed by atoms with van der Waals surface area (Å²) in [7, 11) is 1.91. The van der Waals surface area contributed by atoms with Crippen molar-refractivity contribution < 1.29 is 9.36 Å². The summed E-state index contributed by atoms with van der Waals surface area (Å²) < 4.78 is 1.89. The minimum Gasteiger partial charge on any atom is -0.287 e. The third kappa shape index (κ3) is 2.70. The number of Topliss-reactive ketones (excluding diaryl/α,β-unsaturated/α-hetero) is 1. The Morgan fingerprint density at radius 2 is 2.11 bits per heavy atom. The predicted octanol–water partition coefficient (Wildman–Crippen LogP) is 2.36. The van der Waals surface area contributed by atoms with Crippen molar-refractivity contribution in [1.82, 2.24) is 0 Å². The number of rotatable bonds is 3. The van der Waals surface area contributed by atoms with E-state index in [1.165, 1.54) is 11.3 Å². The van der Waals surface area contributed by atoms with Gasteiger partial charge in [0.25, 0.3) is 0 Å². The van der Waals surface area contributed by atoms with E-state index in [2.05, 4.69) is 0 Å². The van der Waals surface area contributed by atoms with E-state index in [0.717, 1.165) is 5.56 Å². The summed E-state index contributed by atoms with van der Waals surface area (Å²) in [6.07, 6.45) is 5.36. The van der Waals surface area contributed by atoms with E-state index in [1.54, 1.807) is 18.2 Å². The monoisotopic (exact) mass is 255 g/mol. The van der Waals surface area contributed by atoms with Crippen LogP contribution in [-0.4, -0.2) is 5.78 Å². The van der Waals surface area contributed by atoms with Gasteiger partial charge in [-0.2, -0.15) is 5.26 Å². The Bertz CT molecular complexity index is 619. The molecular formula is C14H11N2OS+. The molecule has 0 spiro atoms. The zero-order valence-electron chi connectivity index (χ0n) is 9.83. The number of carbonyl (C=O) groups excluding carboxylic acids is 1. The number of pyridine rings is 1. The van der Waals surface area contributed by atoms with E-state index >= 15 is 0 Å². The Balaban J connectivity index is 2.32. The molecule has 0 amide bonds. The number of ketones is 1. The molecule has 0 bridgehead atoms. The summed E-state index contributed by atoms with van der Waals surface area (Å²) in [6, 6.07) is 9.21. The molecule has 0 radical (unpaired) electrons. The molecule has 0 saturated heterocycles. The molecule has 0 aliphatic heterocycles. The molecule has 0 fully saturated rings. The number of nitriles is 1. The van der Waals surface area contributed by atoms with Gasteiger partial charge in [0.2, 0.25) is 5.78 Å². The normalized spacial score (nSPS) is 11.0. The second-order valence-electron chi connectivity index (χ2n) is 3.77. The quantitative estimate of drug-likeness (QED) is 0.366. The van der Waals surface area contributed by atoms with Crippen LogP contribution in [0.5, 0.6) is 0 Å². The van der Waals surface area contributed by atoms with Crippen LogP contribution in [0.15, 0.2) is 47.6 Å². The molecule has 88 valence electrons. The maximum absolute atomic E-state index is 12.0. The highest BCUT2D eigenvalue weighted by atomic mass is 32.1. The Morgan fingerprint density at radius 3 is 2.67 bits per heavy atom. The van der Waals surface area contributed by atoms with Gasteiger partial charge < -0.3 is 0 Å². The van der Waals surface area contributed by atoms with Gasteiger partial charge in [-0.3, -0.25) is 4.79 Å². The maximum Gasteiger partial charge on any atom is 0.213 e. The molecule has 0 N–H and O–H groups in total. The molecule has 0 unspecified atom stereocenters. The van der Waals surface area contributed by atoms with E-state index in [0.29, 0.717) is 4.88 Å². The van der Waals surface area contributed by atoms with Crippen molar-refractivity contribution in [2.75, 3.05) is 0 Å². The van der Waals surface area contributed by atoms with Crippen molar-refractivity contribution in [3.63, 3.8) is 0 Å². The Kier molecular flexibility index (Phi) is 3.66. The number of hydrogen-bond acceptors (Lipinski definition) is 3. The van der Waals surface area contributed by atoms with Crippen LogP contribution in [0, 0.1) is 11.3 Å². The molecule has 0 aliphatic rings. The summed E-state index contributed by atoms with van der Waals surface area (Å²) in [5, 5.41) is 10.9. The lowest BCUT2D eigenvalue weighted by Gasteiger charge is -1.96. The molecule has 2 aromatic rings. The number of carbonyl (C=O) groups is 1. The van der Waals surface area contributed by atoms with E-state index in [-0.39, 0.29) is 11.4 Å². The fraction of sp³-hybridized carbons (Fsp3) is 0.0714. The maximum atomic E-state index is 12.0. The van der Waals surface area contributed by atoms with Gasteiger partial charge in [0.05, 0.1) is 4.88 Å². The molecule has 2 aromatic heterocycles. The van der Waals surface area contributed by atoms with Crippen molar-refractivity contribution >= 4 is 23.2 Å². The first-order valence-corrected chi connectivity index (χ1v) is 6.24. The molecule has 0 aromatic carbocycles. The molecule has 0 aliphatic carbocycles. The van der Waals surface area contributed by atoms with Crippen molar-refractivity contribution in [3.8, 4) is 6.07 Å². The third-order valence-electron chi connectivity index (χ3n) is 2.43. The lowest BCUT2D eigenvalue weighted by Crippen LogP contribution is -2.25. The largest absolute Gasteiger partial charge is 0.287 e. The van der Waals surface area contributed by atoms with E-state index < -0.39 is 0 Å². The number of nitrogens with zero attached hydrogens (tertiary/aromatic N) is 2. The highest BCUT2D eigenvalue weighted by Gasteiger charge is 2.12. The zero-order chi connectivity index (χ0) is 13.0. The van der Waals surface area contributed by atoms with Crippen LogP contribution < -0.4 is 4.57 Å². The van der Waals surface area contributed by atoms with Crippen molar-refractivity contribution in [2.24, 2.45) is 7.05 Å². The third-order valence-corrected chi connectivity index (χ3v) is 3.29. The minimum atomic E-state index is -0.222. The van der Waals surface area contributed by atoms with Crippen LogP contribution in [0.1, 0.15) is 15.2 Å². The van der Waals surface area contributed by atoms with Crippen LogP contribution in [0.3, 0.4) is 0 Å². The molecule has 0 atom stereocenters. The van der Waals surface area contributed by atoms with Crippen LogP contribution in [0.25, 0.3) is 6.08 Å². The average Bonchev–Trinajstić information content (AvgIpc) is 2.91. The van der Waals surface area contributed by atoms with E-state index in [4.69, 9.17) is 5.26 Å². The molecule has 4 heteroatoms. The summed E-state index contributed by atoms with van der Waals surface area (Å²) in [5.41, 5.74) is 1.00. The van der Waals surface area contributed by atoms with Gasteiger partial charge in [-0.05, 0) is 23.1 Å². The van der Waals surface area contributed by atoms with Crippen LogP contribution >= 0.6 is 11.3 Å². The van der Waals surface area contributed by atoms with Crippen LogP contribution in [0.2, 0.25) is 0 Å². The van der Waals surface area contributed by atoms with Gasteiger partial charge >= 0.3 is 0 Å². The summed E-state index contributed by atoms with van der Waals surface area (Å²) in [6.45, 7) is 0. The number of allylic oxidation sites excluding steroid dienone is 1. The highest BCUT2D eigenvalue weighted by Crippen LogP contribution is 2.16. The fourth-order valence-electron chi connectivity index (χ4n) is 1.46. The van der Waals surface area contributed by atoms with Gasteiger partial charge in [0.15, 0.2) is 12.4 Å². The number of aryl methyl sites for hydroxylation is 1. The number of aromatic nitrogens is 1. The van der Waals surface area contributed by atoms with E-state index in [1.807, 2.05) is 47.6 Å². The van der Waals surface area contributed by atoms with Gasteiger partial charge in [0, 0.05) is 12.1 Å². The molecule has 18 heavy (non-hydrogen) atoms. The standard InChI is InChI=1S/C14H11N2OS/c1-16-6-4-11(5-7-16)9-12(10-15)14(17)13-3-2-8-18-13/h2-9H,1H3/q+1/b12-9+. The first-order valence-electron chi connectivity index (χ1n) is 5.36. The van der Waals surface area contributed by atoms with Gasteiger partial charge in [0.1, 0.15) is 18.7 Å². The van der Waals surface area contributed by atoms with Crippen LogP contribution in [0.4, 0.5) is 0 Å². The average molecular weight is 255 g/mol. The van der Waals surface area contributed by atoms with Crippen molar-refractivity contribution in [2.45, 2.75) is 0 Å². The minimum absolute atomic E-state index is 0.159. The van der Waals surface area contributed by atoms with Crippen molar-refractivity contribution in [3.05, 3.63) is 58.1 Å². The lowest BCUT2D eigenvalue weighted by atomic mass is 10.1. The summed E-state index contributed by atoms with van der Waals surface area (Å²) in [5.74, 6) is -0.222. The first kappa shape index (κ1) is 12.2. The summed E-state index contributed by atoms with van der Waals surface area (Å²) in [4.78, 5) is 12.6. The molecule has 2 heterocycles. The molecule has 3 nitrogen and oxygen atoms in total. The smallest absolute Gasteiger partial charge is 0.213 e. The first-order chi connectivity index (χ1) is 8.70. The predicted molar refractivity (Wildman–Crippen MR) is 69.9 cm³/mol. The lowest BCUT2D eigenvalue weighted by molar-refractivity contribution is -0.671. The second kappa shape index (κ2) is 5.39. The fourth-order valence-corrected chi connectivity index (χ4v) is 2.14. The Hall–Kier alpha value is -2.25.